The van der Waals surface area contributed by atoms with Gasteiger partial charge in [-0.25, -0.2) is 9.18 Å². The minimum atomic E-state index is -3.13. The summed E-state index contributed by atoms with van der Waals surface area (Å²) in [6.45, 7) is 0.404. The second kappa shape index (κ2) is 7.13. The van der Waals surface area contributed by atoms with Crippen molar-refractivity contribution in [3.05, 3.63) is 47.5 Å². The Morgan fingerprint density at radius 1 is 1.26 bits per heavy atom. The Balaban J connectivity index is 2.42. The van der Waals surface area contributed by atoms with Gasteiger partial charge in [-0.05, 0) is 37.6 Å². The zero-order valence-electron chi connectivity index (χ0n) is 12.5. The molecule has 0 saturated carbocycles. The van der Waals surface area contributed by atoms with Crippen LogP contribution in [0.25, 0.3) is 11.1 Å². The van der Waals surface area contributed by atoms with Gasteiger partial charge < -0.3 is 9.47 Å². The third-order valence-corrected chi connectivity index (χ3v) is 3.06. The number of aryl methyl sites for hydroxylation is 1. The summed E-state index contributed by atoms with van der Waals surface area (Å²) in [4.78, 5) is 16.0. The molecule has 2 rings (SSSR count). The molecular weight excluding hydrogens is 311 g/mol. The Bertz CT molecular complexity index is 720. The van der Waals surface area contributed by atoms with Crippen molar-refractivity contribution in [2.24, 2.45) is 0 Å². The Morgan fingerprint density at radius 3 is 2.65 bits per heavy atom. The number of nitrogens with zero attached hydrogens (tertiary/aromatic N) is 1. The average molecular weight is 325 g/mol. The maximum absolute atomic E-state index is 13.5. The number of benzene rings is 1. The molecule has 4 nitrogen and oxygen atoms in total. The minimum absolute atomic E-state index is 0.214. The van der Waals surface area contributed by atoms with Crippen molar-refractivity contribution >= 4 is 5.97 Å². The summed E-state index contributed by atoms with van der Waals surface area (Å²) in [6.07, 6.45) is 1.46. The van der Waals surface area contributed by atoms with E-state index in [9.17, 15) is 18.0 Å². The lowest BCUT2D eigenvalue weighted by Crippen LogP contribution is -2.08. The zero-order chi connectivity index (χ0) is 17.0. The van der Waals surface area contributed by atoms with Crippen LogP contribution in [-0.4, -0.2) is 24.2 Å². The van der Waals surface area contributed by atoms with Gasteiger partial charge in [0, 0.05) is 11.8 Å². The van der Waals surface area contributed by atoms with E-state index in [1.54, 1.807) is 13.8 Å². The van der Waals surface area contributed by atoms with E-state index >= 15 is 0 Å². The molecule has 1 aromatic heterocycles. The minimum Gasteiger partial charge on any atom is -0.462 e. The standard InChI is InChI=1S/C16H14F3NO3/c1-3-22-15(21)12-6-11(8-20-9(12)2)10-4-5-13(17)14(7-10)23-16(18)19/h4-8,16H,3H2,1-2H3. The number of esters is 1. The fraction of sp³-hybridized carbons (Fsp3) is 0.250. The smallest absolute Gasteiger partial charge is 0.387 e. The first-order valence-electron chi connectivity index (χ1n) is 6.81. The van der Waals surface area contributed by atoms with Crippen LogP contribution in [0.5, 0.6) is 5.75 Å². The van der Waals surface area contributed by atoms with E-state index in [0.29, 0.717) is 16.8 Å². The fourth-order valence-electron chi connectivity index (χ4n) is 1.98. The van der Waals surface area contributed by atoms with Gasteiger partial charge in [0.05, 0.1) is 17.9 Å². The molecule has 2 aromatic rings. The Kier molecular flexibility index (Phi) is 5.20. The van der Waals surface area contributed by atoms with E-state index in [1.807, 2.05) is 0 Å². The maximum atomic E-state index is 13.5. The van der Waals surface area contributed by atoms with Crippen LogP contribution in [0.4, 0.5) is 13.2 Å². The summed E-state index contributed by atoms with van der Waals surface area (Å²) in [6, 6.07) is 5.04. The van der Waals surface area contributed by atoms with Crippen LogP contribution in [0, 0.1) is 12.7 Å². The molecule has 23 heavy (non-hydrogen) atoms. The lowest BCUT2D eigenvalue weighted by molar-refractivity contribution is -0.0521. The van der Waals surface area contributed by atoms with Crippen molar-refractivity contribution in [3.8, 4) is 16.9 Å². The monoisotopic (exact) mass is 325 g/mol. The maximum Gasteiger partial charge on any atom is 0.387 e. The summed E-state index contributed by atoms with van der Waals surface area (Å²) >= 11 is 0. The Morgan fingerprint density at radius 2 is 2.00 bits per heavy atom. The largest absolute Gasteiger partial charge is 0.462 e. The summed E-state index contributed by atoms with van der Waals surface area (Å²) in [5, 5.41) is 0. The highest BCUT2D eigenvalue weighted by molar-refractivity contribution is 5.92. The molecule has 0 bridgehead atoms. The molecule has 0 unspecified atom stereocenters. The molecule has 0 aliphatic rings. The quantitative estimate of drug-likeness (QED) is 0.780. The van der Waals surface area contributed by atoms with E-state index in [0.717, 1.165) is 12.1 Å². The van der Waals surface area contributed by atoms with E-state index in [2.05, 4.69) is 9.72 Å². The van der Waals surface area contributed by atoms with Crippen molar-refractivity contribution in [1.82, 2.24) is 4.98 Å². The number of carbonyl (C=O) groups excluding carboxylic acids is 1. The summed E-state index contributed by atoms with van der Waals surface area (Å²) in [7, 11) is 0. The first kappa shape index (κ1) is 16.8. The number of alkyl halides is 2. The van der Waals surface area contributed by atoms with Gasteiger partial charge in [0.1, 0.15) is 0 Å². The van der Waals surface area contributed by atoms with Gasteiger partial charge in [-0.2, -0.15) is 8.78 Å². The Labute approximate surface area is 130 Å². The predicted octanol–water partition coefficient (Wildman–Crippen LogP) is 3.97. The van der Waals surface area contributed by atoms with E-state index in [4.69, 9.17) is 4.74 Å². The van der Waals surface area contributed by atoms with Crippen LogP contribution in [0.1, 0.15) is 23.0 Å². The molecule has 0 saturated heterocycles. The third-order valence-electron chi connectivity index (χ3n) is 3.06. The molecular formula is C16H14F3NO3. The number of rotatable bonds is 5. The highest BCUT2D eigenvalue weighted by Crippen LogP contribution is 2.28. The van der Waals surface area contributed by atoms with Crippen molar-refractivity contribution in [2.75, 3.05) is 6.61 Å². The van der Waals surface area contributed by atoms with Gasteiger partial charge in [0.15, 0.2) is 11.6 Å². The second-order valence-electron chi connectivity index (χ2n) is 4.60. The zero-order valence-corrected chi connectivity index (χ0v) is 12.5. The molecule has 0 radical (unpaired) electrons. The van der Waals surface area contributed by atoms with Crippen LogP contribution in [0.3, 0.4) is 0 Å². The number of ether oxygens (including phenoxy) is 2. The molecule has 0 atom stereocenters. The van der Waals surface area contributed by atoms with Gasteiger partial charge in [0.25, 0.3) is 0 Å². The van der Waals surface area contributed by atoms with Crippen LogP contribution in [0.2, 0.25) is 0 Å². The Hall–Kier alpha value is -2.57. The average Bonchev–Trinajstić information content (AvgIpc) is 2.50. The van der Waals surface area contributed by atoms with Gasteiger partial charge in [-0.15, -0.1) is 0 Å². The van der Waals surface area contributed by atoms with Gasteiger partial charge >= 0.3 is 12.6 Å². The molecule has 0 fully saturated rings. The van der Waals surface area contributed by atoms with Gasteiger partial charge in [0.2, 0.25) is 0 Å². The fourth-order valence-corrected chi connectivity index (χ4v) is 1.98. The number of aromatic nitrogens is 1. The van der Waals surface area contributed by atoms with E-state index < -0.39 is 24.1 Å². The molecule has 0 aliphatic carbocycles. The molecule has 7 heteroatoms. The predicted molar refractivity (Wildman–Crippen MR) is 77.0 cm³/mol. The van der Waals surface area contributed by atoms with Crippen LogP contribution in [0.15, 0.2) is 30.5 Å². The summed E-state index contributed by atoms with van der Waals surface area (Å²) in [5.41, 5.74) is 1.57. The van der Waals surface area contributed by atoms with Gasteiger partial charge in [-0.1, -0.05) is 6.07 Å². The number of pyridine rings is 1. The second-order valence-corrected chi connectivity index (χ2v) is 4.60. The molecule has 0 spiro atoms. The lowest BCUT2D eigenvalue weighted by atomic mass is 10.0. The van der Waals surface area contributed by atoms with Crippen LogP contribution in [-0.2, 0) is 4.74 Å². The first-order chi connectivity index (χ1) is 10.9. The molecule has 0 amide bonds. The first-order valence-corrected chi connectivity index (χ1v) is 6.81. The molecule has 0 aliphatic heterocycles. The van der Waals surface area contributed by atoms with E-state index in [1.165, 1.54) is 18.3 Å². The summed E-state index contributed by atoms with van der Waals surface area (Å²) < 4.78 is 47.1. The highest BCUT2D eigenvalue weighted by Gasteiger charge is 2.15. The van der Waals surface area contributed by atoms with Gasteiger partial charge in [-0.3, -0.25) is 4.98 Å². The van der Waals surface area contributed by atoms with Crippen molar-refractivity contribution in [1.29, 1.82) is 0 Å². The molecule has 122 valence electrons. The van der Waals surface area contributed by atoms with Crippen LogP contribution >= 0.6 is 0 Å². The SMILES string of the molecule is CCOC(=O)c1cc(-c2ccc(F)c(OC(F)F)c2)cnc1C. The lowest BCUT2D eigenvalue weighted by Gasteiger charge is -2.10. The van der Waals surface area contributed by atoms with Crippen molar-refractivity contribution in [2.45, 2.75) is 20.5 Å². The molecule has 1 heterocycles. The normalized spacial score (nSPS) is 10.7. The van der Waals surface area contributed by atoms with E-state index in [-0.39, 0.29) is 12.2 Å². The molecule has 0 N–H and O–H groups in total. The third kappa shape index (κ3) is 4.00. The topological polar surface area (TPSA) is 48.4 Å². The van der Waals surface area contributed by atoms with Crippen LogP contribution < -0.4 is 4.74 Å². The summed E-state index contributed by atoms with van der Waals surface area (Å²) in [5.74, 6) is -2.01. The highest BCUT2D eigenvalue weighted by atomic mass is 19.3. The van der Waals surface area contributed by atoms with Crippen molar-refractivity contribution in [3.63, 3.8) is 0 Å². The number of halogens is 3. The molecule has 1 aromatic carbocycles. The number of hydrogen-bond acceptors (Lipinski definition) is 4. The van der Waals surface area contributed by atoms with Crippen molar-refractivity contribution < 1.29 is 27.4 Å². The number of carbonyl (C=O) groups is 1. The number of hydrogen-bond donors (Lipinski definition) is 0.